The number of rotatable bonds is 8. The van der Waals surface area contributed by atoms with Crippen LogP contribution in [-0.4, -0.2) is 23.6 Å². The molecule has 0 bridgehead atoms. The molecule has 14 heavy (non-hydrogen) atoms. The molecule has 1 unspecified atom stereocenters. The zero-order chi connectivity index (χ0) is 10.9. The fraction of sp³-hybridized carbons (Fsp3) is 0.909. The maximum absolute atomic E-state index is 9.00. The van der Waals surface area contributed by atoms with Gasteiger partial charge in [-0.05, 0) is 37.8 Å². The first-order valence-electron chi connectivity index (χ1n) is 5.42. The number of nitrogens with zero attached hydrogens (tertiary/aromatic N) is 1. The van der Waals surface area contributed by atoms with Crippen LogP contribution in [0.5, 0.6) is 0 Å². The molecule has 0 rings (SSSR count). The molecule has 1 atom stereocenters. The molecule has 0 aromatic heterocycles. The maximum atomic E-state index is 9.00. The molecule has 0 aromatic rings. The van der Waals surface area contributed by atoms with Gasteiger partial charge in [-0.25, -0.2) is 0 Å². The van der Waals surface area contributed by atoms with Crippen molar-refractivity contribution in [2.75, 3.05) is 18.1 Å². The summed E-state index contributed by atoms with van der Waals surface area (Å²) in [5.74, 6) is 2.31. The summed E-state index contributed by atoms with van der Waals surface area (Å²) in [6.45, 7) is 7.10. The van der Waals surface area contributed by atoms with E-state index in [1.165, 1.54) is 18.6 Å². The first kappa shape index (κ1) is 13.8. The van der Waals surface area contributed by atoms with Gasteiger partial charge < -0.3 is 0 Å². The minimum atomic E-state index is -0.325. The fourth-order valence-corrected chi connectivity index (χ4v) is 2.45. The van der Waals surface area contributed by atoms with E-state index in [0.29, 0.717) is 0 Å². The quantitative estimate of drug-likeness (QED) is 0.631. The van der Waals surface area contributed by atoms with Crippen molar-refractivity contribution in [2.24, 2.45) is 0 Å². The highest BCUT2D eigenvalue weighted by Crippen LogP contribution is 2.14. The molecule has 2 nitrogen and oxygen atoms in total. The smallest absolute Gasteiger partial charge is 0.104 e. The van der Waals surface area contributed by atoms with Gasteiger partial charge in [-0.1, -0.05) is 20.3 Å². The molecule has 0 aliphatic heterocycles. The van der Waals surface area contributed by atoms with Gasteiger partial charge in [0.2, 0.25) is 0 Å². The molecule has 0 amide bonds. The summed E-state index contributed by atoms with van der Waals surface area (Å²) in [5, 5.41) is 12.2. The fourth-order valence-electron chi connectivity index (χ4n) is 1.20. The zero-order valence-electron chi connectivity index (χ0n) is 9.60. The predicted octanol–water partition coefficient (Wildman–Crippen LogP) is 2.80. The summed E-state index contributed by atoms with van der Waals surface area (Å²) in [4.78, 5) is 0. The summed E-state index contributed by atoms with van der Waals surface area (Å²) in [5.41, 5.74) is -0.325. The van der Waals surface area contributed by atoms with Crippen molar-refractivity contribution in [3.05, 3.63) is 0 Å². The van der Waals surface area contributed by atoms with E-state index in [9.17, 15) is 0 Å². The van der Waals surface area contributed by atoms with Crippen LogP contribution in [0.2, 0.25) is 0 Å². The van der Waals surface area contributed by atoms with Crippen LogP contribution in [0.3, 0.4) is 0 Å². The van der Waals surface area contributed by atoms with Crippen molar-refractivity contribution in [1.82, 2.24) is 5.32 Å². The van der Waals surface area contributed by atoms with Crippen LogP contribution in [0.4, 0.5) is 0 Å². The van der Waals surface area contributed by atoms with Crippen LogP contribution in [0, 0.1) is 11.3 Å². The van der Waals surface area contributed by atoms with Crippen molar-refractivity contribution in [3.8, 4) is 6.07 Å². The van der Waals surface area contributed by atoms with Crippen molar-refractivity contribution in [3.63, 3.8) is 0 Å². The lowest BCUT2D eigenvalue weighted by Crippen LogP contribution is -2.41. The van der Waals surface area contributed by atoms with Crippen molar-refractivity contribution >= 4 is 11.8 Å². The number of nitrogens with one attached hydrogen (secondary N) is 1. The number of hydrogen-bond acceptors (Lipinski definition) is 3. The lowest BCUT2D eigenvalue weighted by Gasteiger charge is -2.21. The molecule has 3 heteroatoms. The van der Waals surface area contributed by atoms with Gasteiger partial charge in [-0.3, -0.25) is 5.32 Å². The second-order valence-electron chi connectivity index (χ2n) is 3.69. The Morgan fingerprint density at radius 2 is 2.07 bits per heavy atom. The first-order valence-corrected chi connectivity index (χ1v) is 6.58. The predicted molar refractivity (Wildman–Crippen MR) is 64.5 cm³/mol. The van der Waals surface area contributed by atoms with Crippen LogP contribution in [-0.2, 0) is 0 Å². The second kappa shape index (κ2) is 8.14. The Morgan fingerprint density at radius 3 is 2.57 bits per heavy atom. The number of thioether (sulfide) groups is 1. The molecule has 1 N–H and O–H groups in total. The molecule has 0 spiro atoms. The highest BCUT2D eigenvalue weighted by atomic mass is 32.2. The molecular weight excluding hydrogens is 192 g/mol. The molecule has 0 aliphatic carbocycles. The Hall–Kier alpha value is -0.200. The van der Waals surface area contributed by atoms with Gasteiger partial charge in [0.1, 0.15) is 5.54 Å². The Bertz CT molecular complexity index is 177. The van der Waals surface area contributed by atoms with E-state index >= 15 is 0 Å². The highest BCUT2D eigenvalue weighted by Gasteiger charge is 2.21. The first-order chi connectivity index (χ1) is 6.68. The van der Waals surface area contributed by atoms with E-state index in [1.807, 2.05) is 25.6 Å². The maximum Gasteiger partial charge on any atom is 0.104 e. The Morgan fingerprint density at radius 1 is 1.36 bits per heavy atom. The average molecular weight is 214 g/mol. The van der Waals surface area contributed by atoms with Gasteiger partial charge in [0.15, 0.2) is 0 Å². The monoisotopic (exact) mass is 214 g/mol. The average Bonchev–Trinajstić information content (AvgIpc) is 2.18. The van der Waals surface area contributed by atoms with E-state index in [-0.39, 0.29) is 5.54 Å². The third kappa shape index (κ3) is 6.28. The molecule has 0 saturated carbocycles. The normalized spacial score (nSPS) is 14.7. The van der Waals surface area contributed by atoms with E-state index in [1.54, 1.807) is 0 Å². The van der Waals surface area contributed by atoms with Gasteiger partial charge >= 0.3 is 0 Å². The summed E-state index contributed by atoms with van der Waals surface area (Å²) in [7, 11) is 0. The van der Waals surface area contributed by atoms with E-state index in [4.69, 9.17) is 5.26 Å². The minimum Gasteiger partial charge on any atom is -0.300 e. The Kier molecular flexibility index (Phi) is 8.02. The summed E-state index contributed by atoms with van der Waals surface area (Å²) < 4.78 is 0. The molecule has 0 aliphatic rings. The van der Waals surface area contributed by atoms with Crippen LogP contribution >= 0.6 is 11.8 Å². The van der Waals surface area contributed by atoms with Crippen LogP contribution in [0.15, 0.2) is 0 Å². The van der Waals surface area contributed by atoms with Gasteiger partial charge in [-0.2, -0.15) is 17.0 Å². The molecule has 0 saturated heterocycles. The number of unbranched alkanes of at least 4 members (excludes halogenated alkanes) is 1. The number of hydrogen-bond donors (Lipinski definition) is 1. The van der Waals surface area contributed by atoms with Gasteiger partial charge in [-0.15, -0.1) is 0 Å². The summed E-state index contributed by atoms with van der Waals surface area (Å²) in [6.07, 6.45) is 3.48. The molecule has 0 fully saturated rings. The molecule has 0 radical (unpaired) electrons. The minimum absolute atomic E-state index is 0.325. The number of nitriles is 1. The molecular formula is C11H22N2S. The van der Waals surface area contributed by atoms with Crippen molar-refractivity contribution in [1.29, 1.82) is 5.26 Å². The highest BCUT2D eigenvalue weighted by molar-refractivity contribution is 7.99. The van der Waals surface area contributed by atoms with E-state index < -0.39 is 0 Å². The third-order valence-corrected chi connectivity index (χ3v) is 3.27. The Balaban J connectivity index is 3.58. The molecule has 0 heterocycles. The molecule has 82 valence electrons. The summed E-state index contributed by atoms with van der Waals surface area (Å²) >= 11 is 1.95. The van der Waals surface area contributed by atoms with Gasteiger partial charge in [0.25, 0.3) is 0 Å². The van der Waals surface area contributed by atoms with E-state index in [2.05, 4.69) is 18.3 Å². The third-order valence-electron chi connectivity index (χ3n) is 2.20. The van der Waals surface area contributed by atoms with E-state index in [0.717, 1.165) is 18.7 Å². The van der Waals surface area contributed by atoms with Crippen LogP contribution < -0.4 is 5.32 Å². The van der Waals surface area contributed by atoms with Crippen molar-refractivity contribution in [2.45, 2.75) is 45.6 Å². The van der Waals surface area contributed by atoms with Crippen molar-refractivity contribution < 1.29 is 0 Å². The van der Waals surface area contributed by atoms with Gasteiger partial charge in [0, 0.05) is 0 Å². The zero-order valence-corrected chi connectivity index (χ0v) is 10.4. The van der Waals surface area contributed by atoms with Crippen LogP contribution in [0.1, 0.15) is 40.0 Å². The second-order valence-corrected chi connectivity index (χ2v) is 4.91. The molecule has 0 aromatic carbocycles. The lowest BCUT2D eigenvalue weighted by atomic mass is 10.0. The SMILES string of the molecule is CCCCSCCC(C)(C#N)NCC. The lowest BCUT2D eigenvalue weighted by molar-refractivity contribution is 0.450. The standard InChI is InChI=1S/C11H22N2S/c1-4-6-8-14-9-7-11(3,10-12)13-5-2/h13H,4-9H2,1-3H3. The largest absolute Gasteiger partial charge is 0.300 e. The topological polar surface area (TPSA) is 35.8 Å². The van der Waals surface area contributed by atoms with Crippen LogP contribution in [0.25, 0.3) is 0 Å². The summed E-state index contributed by atoms with van der Waals surface area (Å²) in [6, 6.07) is 2.35. The van der Waals surface area contributed by atoms with Gasteiger partial charge in [0.05, 0.1) is 6.07 Å². The Labute approximate surface area is 92.5 Å².